The minimum atomic E-state index is 0.627. The second-order valence-electron chi connectivity index (χ2n) is 2.91. The molecule has 15 heavy (non-hydrogen) atoms. The van der Waals surface area contributed by atoms with E-state index in [4.69, 9.17) is 23.2 Å². The van der Waals surface area contributed by atoms with E-state index in [9.17, 15) is 0 Å². The molecule has 1 aromatic heterocycles. The molecule has 0 aliphatic rings. The van der Waals surface area contributed by atoms with Gasteiger partial charge in [0, 0.05) is 27.4 Å². The molecule has 0 N–H and O–H groups in total. The largest absolute Gasteiger partial charge is 0.244 e. The van der Waals surface area contributed by atoms with E-state index in [2.05, 4.69) is 17.6 Å². The Morgan fingerprint density at radius 1 is 1.33 bits per heavy atom. The standard InChI is InChI=1S/C10H7Cl2NS2/c11-6-1-2-8(9(12)3-6)10-13-4-7(5-14)15-10/h1-4,14H,5H2. The maximum absolute atomic E-state index is 6.08. The maximum atomic E-state index is 6.08. The Morgan fingerprint density at radius 2 is 2.13 bits per heavy atom. The predicted octanol–water partition coefficient (Wildman–Crippen LogP) is 4.55. The topological polar surface area (TPSA) is 12.9 Å². The van der Waals surface area contributed by atoms with Gasteiger partial charge in [-0.3, -0.25) is 0 Å². The van der Waals surface area contributed by atoms with Gasteiger partial charge in [-0.2, -0.15) is 12.6 Å². The van der Waals surface area contributed by atoms with E-state index in [1.165, 1.54) is 0 Å². The summed E-state index contributed by atoms with van der Waals surface area (Å²) in [5, 5.41) is 2.16. The summed E-state index contributed by atoms with van der Waals surface area (Å²) in [4.78, 5) is 5.41. The van der Waals surface area contributed by atoms with E-state index < -0.39 is 0 Å². The van der Waals surface area contributed by atoms with Gasteiger partial charge in [-0.15, -0.1) is 11.3 Å². The van der Waals surface area contributed by atoms with Crippen LogP contribution in [0.15, 0.2) is 24.4 Å². The molecular formula is C10H7Cl2NS2. The highest BCUT2D eigenvalue weighted by Crippen LogP contribution is 2.33. The Bertz CT molecular complexity index is 482. The summed E-state index contributed by atoms with van der Waals surface area (Å²) in [6.45, 7) is 0. The van der Waals surface area contributed by atoms with Crippen LogP contribution >= 0.6 is 47.2 Å². The monoisotopic (exact) mass is 275 g/mol. The molecule has 2 rings (SSSR count). The summed E-state index contributed by atoms with van der Waals surface area (Å²) in [5.74, 6) is 0.697. The first-order valence-electron chi connectivity index (χ1n) is 4.21. The van der Waals surface area contributed by atoms with Gasteiger partial charge in [-0.25, -0.2) is 4.98 Å². The number of thiol groups is 1. The van der Waals surface area contributed by atoms with Crippen molar-refractivity contribution in [3.05, 3.63) is 39.3 Å². The molecule has 0 atom stereocenters. The summed E-state index contributed by atoms with van der Waals surface area (Å²) in [5.41, 5.74) is 0.916. The molecule has 0 fully saturated rings. The summed E-state index contributed by atoms with van der Waals surface area (Å²) in [7, 11) is 0. The molecule has 1 nitrogen and oxygen atoms in total. The molecule has 5 heteroatoms. The van der Waals surface area contributed by atoms with Crippen LogP contribution in [0, 0.1) is 0 Å². The van der Waals surface area contributed by atoms with Crippen molar-refractivity contribution in [2.24, 2.45) is 0 Å². The minimum Gasteiger partial charge on any atom is -0.244 e. The van der Waals surface area contributed by atoms with E-state index in [1.807, 2.05) is 18.3 Å². The third-order valence-corrected chi connectivity index (χ3v) is 4.00. The van der Waals surface area contributed by atoms with Gasteiger partial charge in [0.1, 0.15) is 5.01 Å². The van der Waals surface area contributed by atoms with Gasteiger partial charge >= 0.3 is 0 Å². The first-order chi connectivity index (χ1) is 7.20. The van der Waals surface area contributed by atoms with Gasteiger partial charge in [0.15, 0.2) is 0 Å². The zero-order valence-corrected chi connectivity index (χ0v) is 10.8. The number of benzene rings is 1. The van der Waals surface area contributed by atoms with Crippen molar-refractivity contribution in [1.82, 2.24) is 4.98 Å². The van der Waals surface area contributed by atoms with Crippen LogP contribution in [-0.4, -0.2) is 4.98 Å². The van der Waals surface area contributed by atoms with Gasteiger partial charge in [0.2, 0.25) is 0 Å². The number of aromatic nitrogens is 1. The van der Waals surface area contributed by atoms with E-state index in [-0.39, 0.29) is 0 Å². The van der Waals surface area contributed by atoms with Crippen LogP contribution in [0.5, 0.6) is 0 Å². The molecule has 1 heterocycles. The Balaban J connectivity index is 2.44. The number of nitrogens with zero attached hydrogens (tertiary/aromatic N) is 1. The third-order valence-electron chi connectivity index (χ3n) is 1.87. The van der Waals surface area contributed by atoms with Crippen LogP contribution < -0.4 is 0 Å². The highest BCUT2D eigenvalue weighted by Gasteiger charge is 2.08. The first kappa shape index (κ1) is 11.3. The summed E-state index contributed by atoms with van der Waals surface area (Å²) >= 11 is 17.7. The van der Waals surface area contributed by atoms with Crippen molar-refractivity contribution in [2.75, 3.05) is 0 Å². The van der Waals surface area contributed by atoms with Crippen molar-refractivity contribution in [1.29, 1.82) is 0 Å². The molecule has 0 aliphatic carbocycles. The average Bonchev–Trinajstić information content (AvgIpc) is 2.66. The first-order valence-corrected chi connectivity index (χ1v) is 6.42. The van der Waals surface area contributed by atoms with Crippen LogP contribution in [0.3, 0.4) is 0 Å². The lowest BCUT2D eigenvalue weighted by Crippen LogP contribution is -1.77. The zero-order valence-electron chi connectivity index (χ0n) is 7.58. The lowest BCUT2D eigenvalue weighted by Gasteiger charge is -1.99. The molecule has 0 aliphatic heterocycles. The number of thiazole rings is 1. The van der Waals surface area contributed by atoms with E-state index in [1.54, 1.807) is 17.4 Å². The molecule has 1 aromatic carbocycles. The minimum absolute atomic E-state index is 0.627. The Kier molecular flexibility index (Phi) is 3.57. The Morgan fingerprint density at radius 3 is 2.73 bits per heavy atom. The van der Waals surface area contributed by atoms with Gasteiger partial charge in [0.25, 0.3) is 0 Å². The normalized spacial score (nSPS) is 10.6. The third kappa shape index (κ3) is 2.48. The van der Waals surface area contributed by atoms with E-state index in [0.29, 0.717) is 15.8 Å². The zero-order chi connectivity index (χ0) is 10.8. The SMILES string of the molecule is SCc1cnc(-c2ccc(Cl)cc2Cl)s1. The number of rotatable bonds is 2. The van der Waals surface area contributed by atoms with Crippen molar-refractivity contribution < 1.29 is 0 Å². The average molecular weight is 276 g/mol. The van der Waals surface area contributed by atoms with Gasteiger partial charge < -0.3 is 0 Å². The number of hydrogen-bond acceptors (Lipinski definition) is 3. The maximum Gasteiger partial charge on any atom is 0.125 e. The number of hydrogen-bond donors (Lipinski definition) is 1. The molecule has 0 spiro atoms. The molecule has 0 saturated carbocycles. The molecule has 0 radical (unpaired) electrons. The molecule has 0 unspecified atom stereocenters. The van der Waals surface area contributed by atoms with Gasteiger partial charge in [-0.05, 0) is 18.2 Å². The molecule has 0 amide bonds. The summed E-state index contributed by atoms with van der Waals surface area (Å²) < 4.78 is 0. The number of halogens is 2. The Labute approximate surface area is 107 Å². The smallest absolute Gasteiger partial charge is 0.125 e. The lowest BCUT2D eigenvalue weighted by atomic mass is 10.2. The summed E-state index contributed by atoms with van der Waals surface area (Å²) in [6.07, 6.45) is 1.82. The molecular weight excluding hydrogens is 269 g/mol. The van der Waals surface area contributed by atoms with Gasteiger partial charge in [0.05, 0.1) is 5.02 Å². The van der Waals surface area contributed by atoms with Crippen LogP contribution in [0.2, 0.25) is 10.0 Å². The highest BCUT2D eigenvalue weighted by molar-refractivity contribution is 7.79. The van der Waals surface area contributed by atoms with Crippen molar-refractivity contribution in [3.8, 4) is 10.6 Å². The van der Waals surface area contributed by atoms with Crippen LogP contribution in [0.1, 0.15) is 4.88 Å². The molecule has 2 aromatic rings. The van der Waals surface area contributed by atoms with Crippen LogP contribution in [-0.2, 0) is 5.75 Å². The fraction of sp³-hybridized carbons (Fsp3) is 0.100. The van der Waals surface area contributed by atoms with Crippen molar-refractivity contribution in [2.45, 2.75) is 5.75 Å². The highest BCUT2D eigenvalue weighted by atomic mass is 35.5. The second-order valence-corrected chi connectivity index (χ2v) is 5.19. The summed E-state index contributed by atoms with van der Waals surface area (Å²) in [6, 6.07) is 5.41. The van der Waals surface area contributed by atoms with Crippen molar-refractivity contribution in [3.63, 3.8) is 0 Å². The van der Waals surface area contributed by atoms with E-state index >= 15 is 0 Å². The van der Waals surface area contributed by atoms with Crippen LogP contribution in [0.4, 0.5) is 0 Å². The molecule has 0 saturated heterocycles. The molecule has 0 bridgehead atoms. The fourth-order valence-corrected chi connectivity index (χ4v) is 2.81. The molecule has 78 valence electrons. The van der Waals surface area contributed by atoms with E-state index in [0.717, 1.165) is 15.4 Å². The Hall–Kier alpha value is -0.220. The van der Waals surface area contributed by atoms with Crippen LogP contribution in [0.25, 0.3) is 10.6 Å². The van der Waals surface area contributed by atoms with Gasteiger partial charge in [-0.1, -0.05) is 23.2 Å². The fourth-order valence-electron chi connectivity index (χ4n) is 1.17. The predicted molar refractivity (Wildman–Crippen MR) is 70.3 cm³/mol. The lowest BCUT2D eigenvalue weighted by molar-refractivity contribution is 1.37. The quantitative estimate of drug-likeness (QED) is 0.794. The van der Waals surface area contributed by atoms with Crippen molar-refractivity contribution >= 4 is 47.2 Å². The second kappa shape index (κ2) is 4.74.